The molecule has 0 aliphatic heterocycles. The van der Waals surface area contributed by atoms with E-state index in [1.807, 2.05) is 66.7 Å². The zero-order chi connectivity index (χ0) is 46.5. The Hall–Kier alpha value is -9.70. The number of rotatable bonds is 8. The van der Waals surface area contributed by atoms with E-state index in [0.717, 1.165) is 99.5 Å². The van der Waals surface area contributed by atoms with Gasteiger partial charge in [-0.15, -0.1) is 0 Å². The Morgan fingerprint density at radius 3 is 1.30 bits per heavy atom. The highest BCUT2D eigenvalue weighted by atomic mass is 15.0. The largest absolute Gasteiger partial charge is 0.309 e. The molecule has 0 spiro atoms. The smallest absolute Gasteiger partial charge is 0.164 e. The monoisotopic (exact) mass is 892 g/mol. The van der Waals surface area contributed by atoms with Crippen LogP contribution in [0.1, 0.15) is 5.56 Å². The van der Waals surface area contributed by atoms with Gasteiger partial charge in [0, 0.05) is 49.5 Å². The molecule has 10 aromatic carbocycles. The fraction of sp³-hybridized carbons (Fsp3) is 0. The van der Waals surface area contributed by atoms with Gasteiger partial charge in [-0.1, -0.05) is 182 Å². The van der Waals surface area contributed by atoms with Crippen LogP contribution in [0, 0.1) is 11.3 Å². The molecule has 13 rings (SSSR count). The summed E-state index contributed by atoms with van der Waals surface area (Å²) in [6.45, 7) is 0. The topological polar surface area (TPSA) is 72.3 Å². The van der Waals surface area contributed by atoms with Crippen molar-refractivity contribution in [2.75, 3.05) is 0 Å². The summed E-state index contributed by atoms with van der Waals surface area (Å²) < 4.78 is 4.57. The first kappa shape index (κ1) is 40.6. The summed E-state index contributed by atoms with van der Waals surface area (Å²) in [4.78, 5) is 15.5. The molecule has 13 aromatic rings. The SMILES string of the molecule is N#Cc1c(-c2cc(-n3c4ccccc4c4cc(-c5ccccc5)ccc43)ccc2-c2nc(-c3ccccc3)nc(-c3ccccc3)n2)cccc1-n1c2ccccc2c2cc(-c3ccccc3)ccc21. The molecule has 0 bridgehead atoms. The normalized spacial score (nSPS) is 11.4. The Morgan fingerprint density at radius 1 is 0.300 bits per heavy atom. The molecule has 3 aromatic heterocycles. The van der Waals surface area contributed by atoms with Crippen LogP contribution in [0.3, 0.4) is 0 Å². The summed E-state index contributed by atoms with van der Waals surface area (Å²) >= 11 is 0. The van der Waals surface area contributed by atoms with Gasteiger partial charge in [-0.25, -0.2) is 15.0 Å². The van der Waals surface area contributed by atoms with Gasteiger partial charge < -0.3 is 9.13 Å². The highest BCUT2D eigenvalue weighted by Crippen LogP contribution is 2.42. The first-order chi connectivity index (χ1) is 34.7. The minimum absolute atomic E-state index is 0.503. The van der Waals surface area contributed by atoms with Gasteiger partial charge in [-0.2, -0.15) is 5.26 Å². The molecule has 0 amide bonds. The van der Waals surface area contributed by atoms with Crippen molar-refractivity contribution in [2.45, 2.75) is 0 Å². The zero-order valence-electron chi connectivity index (χ0n) is 37.8. The number of nitrogens with zero attached hydrogens (tertiary/aromatic N) is 6. The van der Waals surface area contributed by atoms with Crippen LogP contribution in [0.25, 0.3) is 123 Å². The first-order valence-electron chi connectivity index (χ1n) is 23.4. The minimum Gasteiger partial charge on any atom is -0.309 e. The van der Waals surface area contributed by atoms with Crippen LogP contribution in [0.15, 0.2) is 243 Å². The number of para-hydroxylation sites is 2. The second-order valence-electron chi connectivity index (χ2n) is 17.5. The molecule has 0 radical (unpaired) electrons. The van der Waals surface area contributed by atoms with Crippen LogP contribution in [0.2, 0.25) is 0 Å². The van der Waals surface area contributed by atoms with Gasteiger partial charge in [0.05, 0.1) is 33.3 Å². The highest BCUT2D eigenvalue weighted by molar-refractivity contribution is 6.12. The average molecular weight is 893 g/mol. The first-order valence-corrected chi connectivity index (χ1v) is 23.4. The third kappa shape index (κ3) is 6.84. The lowest BCUT2D eigenvalue weighted by atomic mass is 9.93. The Balaban J connectivity index is 1.08. The second kappa shape index (κ2) is 16.9. The summed E-state index contributed by atoms with van der Waals surface area (Å²) in [5.41, 5.74) is 15.2. The van der Waals surface area contributed by atoms with Crippen molar-refractivity contribution in [1.82, 2.24) is 24.1 Å². The molecular weight excluding hydrogens is 853 g/mol. The summed E-state index contributed by atoms with van der Waals surface area (Å²) in [6, 6.07) is 86.8. The predicted octanol–water partition coefficient (Wildman–Crippen LogP) is 15.9. The van der Waals surface area contributed by atoms with Crippen molar-refractivity contribution in [3.8, 4) is 85.0 Å². The number of fused-ring (bicyclic) bond motifs is 6. The molecule has 0 unspecified atom stereocenters. The highest BCUT2D eigenvalue weighted by Gasteiger charge is 2.23. The number of aromatic nitrogens is 5. The minimum atomic E-state index is 0.503. The average Bonchev–Trinajstić information content (AvgIpc) is 3.95. The maximum atomic E-state index is 11.6. The summed E-state index contributed by atoms with van der Waals surface area (Å²) in [5, 5.41) is 16.1. The molecule has 6 heteroatoms. The van der Waals surface area contributed by atoms with E-state index < -0.39 is 0 Å². The summed E-state index contributed by atoms with van der Waals surface area (Å²) in [7, 11) is 0. The lowest BCUT2D eigenvalue weighted by Crippen LogP contribution is -2.04. The van der Waals surface area contributed by atoms with Gasteiger partial charge in [0.15, 0.2) is 17.5 Å². The lowest BCUT2D eigenvalue weighted by molar-refractivity contribution is 1.07. The van der Waals surface area contributed by atoms with Gasteiger partial charge in [-0.05, 0) is 88.5 Å². The molecule has 0 fully saturated rings. The van der Waals surface area contributed by atoms with E-state index in [9.17, 15) is 5.26 Å². The molecule has 70 heavy (non-hydrogen) atoms. The van der Waals surface area contributed by atoms with E-state index in [4.69, 9.17) is 15.0 Å². The molecule has 0 saturated carbocycles. The van der Waals surface area contributed by atoms with Gasteiger partial charge in [0.2, 0.25) is 0 Å². The van der Waals surface area contributed by atoms with E-state index in [1.54, 1.807) is 0 Å². The number of hydrogen-bond acceptors (Lipinski definition) is 4. The van der Waals surface area contributed by atoms with Crippen LogP contribution in [-0.4, -0.2) is 24.1 Å². The van der Waals surface area contributed by atoms with Crippen LogP contribution in [-0.2, 0) is 0 Å². The zero-order valence-corrected chi connectivity index (χ0v) is 37.8. The van der Waals surface area contributed by atoms with Crippen molar-refractivity contribution in [1.29, 1.82) is 5.26 Å². The van der Waals surface area contributed by atoms with E-state index in [0.29, 0.717) is 23.0 Å². The summed E-state index contributed by atoms with van der Waals surface area (Å²) in [6.07, 6.45) is 0. The van der Waals surface area contributed by atoms with E-state index in [-0.39, 0.29) is 0 Å². The Bertz CT molecular complexity index is 4110. The van der Waals surface area contributed by atoms with Crippen LogP contribution >= 0.6 is 0 Å². The van der Waals surface area contributed by atoms with Gasteiger partial charge in [-0.3, -0.25) is 0 Å². The fourth-order valence-electron chi connectivity index (χ4n) is 10.2. The standard InChI is InChI=1S/C64H40N6/c65-41-56-49(28-17-31-59(56)70-58-30-16-14-27-51(58)55-39-47(33-37-61(55)70)43-20-7-2-8-21-43)53-40-48(69-57-29-15-13-26-50(57)54-38-46(32-36-60(54)69)42-18-5-1-6-19-42)34-35-52(53)64-67-62(44-22-9-3-10-23-44)66-63(68-64)45-24-11-4-12-25-45/h1-40H. The van der Waals surface area contributed by atoms with Crippen LogP contribution < -0.4 is 0 Å². The van der Waals surface area contributed by atoms with Crippen molar-refractivity contribution < 1.29 is 0 Å². The van der Waals surface area contributed by atoms with Crippen molar-refractivity contribution >= 4 is 43.6 Å². The summed E-state index contributed by atoms with van der Waals surface area (Å²) in [5.74, 6) is 1.62. The molecule has 6 nitrogen and oxygen atoms in total. The quantitative estimate of drug-likeness (QED) is 0.152. The molecule has 0 aliphatic carbocycles. The number of nitriles is 1. The number of hydrogen-bond donors (Lipinski definition) is 0. The fourth-order valence-corrected chi connectivity index (χ4v) is 10.2. The van der Waals surface area contributed by atoms with E-state index >= 15 is 0 Å². The van der Waals surface area contributed by atoms with E-state index in [2.05, 4.69) is 191 Å². The molecule has 0 aliphatic rings. The van der Waals surface area contributed by atoms with Crippen LogP contribution in [0.4, 0.5) is 0 Å². The van der Waals surface area contributed by atoms with Crippen LogP contribution in [0.5, 0.6) is 0 Å². The number of benzene rings is 10. The Kier molecular flexibility index (Phi) is 9.78. The maximum Gasteiger partial charge on any atom is 0.164 e. The molecule has 0 N–H and O–H groups in total. The lowest BCUT2D eigenvalue weighted by Gasteiger charge is -2.18. The molecule has 3 heterocycles. The van der Waals surface area contributed by atoms with E-state index in [1.165, 1.54) is 5.56 Å². The third-order valence-corrected chi connectivity index (χ3v) is 13.4. The molecule has 0 saturated heterocycles. The maximum absolute atomic E-state index is 11.6. The molecular formula is C64H40N6. The Morgan fingerprint density at radius 2 is 0.757 bits per heavy atom. The predicted molar refractivity (Wildman–Crippen MR) is 286 cm³/mol. The molecule has 0 atom stereocenters. The van der Waals surface area contributed by atoms with Crippen molar-refractivity contribution in [2.24, 2.45) is 0 Å². The van der Waals surface area contributed by atoms with Crippen molar-refractivity contribution in [3.05, 3.63) is 248 Å². The third-order valence-electron chi connectivity index (χ3n) is 13.4. The Labute approximate surface area is 404 Å². The molecule has 326 valence electrons. The second-order valence-corrected chi connectivity index (χ2v) is 17.5. The van der Waals surface area contributed by atoms with Gasteiger partial charge >= 0.3 is 0 Å². The van der Waals surface area contributed by atoms with Gasteiger partial charge in [0.1, 0.15) is 6.07 Å². The van der Waals surface area contributed by atoms with Gasteiger partial charge in [0.25, 0.3) is 0 Å². The van der Waals surface area contributed by atoms with Crippen molar-refractivity contribution in [3.63, 3.8) is 0 Å².